The fourth-order valence-corrected chi connectivity index (χ4v) is 3.57. The zero-order valence-electron chi connectivity index (χ0n) is 14.6. The third-order valence-electron chi connectivity index (χ3n) is 5.01. The van der Waals surface area contributed by atoms with Gasteiger partial charge in [0, 0.05) is 12.6 Å². The van der Waals surface area contributed by atoms with E-state index in [1.165, 1.54) is 0 Å². The lowest BCUT2D eigenvalue weighted by atomic mass is 9.96. The van der Waals surface area contributed by atoms with Gasteiger partial charge in [-0.1, -0.05) is 24.3 Å². The molecule has 0 saturated carbocycles. The molecule has 1 aliphatic heterocycles. The van der Waals surface area contributed by atoms with E-state index in [1.54, 1.807) is 12.0 Å². The molecule has 2 unspecified atom stereocenters. The van der Waals surface area contributed by atoms with Crippen molar-refractivity contribution in [2.45, 2.75) is 38.1 Å². The maximum atomic E-state index is 12.9. The van der Waals surface area contributed by atoms with Crippen LogP contribution in [0.15, 0.2) is 36.4 Å². The van der Waals surface area contributed by atoms with Gasteiger partial charge in [-0.3, -0.25) is 9.59 Å². The molecule has 0 aromatic heterocycles. The summed E-state index contributed by atoms with van der Waals surface area (Å²) < 4.78 is 5.24. The Balaban J connectivity index is 1.82. The minimum Gasteiger partial charge on any atom is -0.497 e. The molecule has 0 bridgehead atoms. The van der Waals surface area contributed by atoms with Crippen LogP contribution in [0.4, 0.5) is 0 Å². The van der Waals surface area contributed by atoms with Crippen molar-refractivity contribution in [1.29, 1.82) is 0 Å². The molecule has 2 aromatic carbocycles. The first-order valence-corrected chi connectivity index (χ1v) is 8.59. The van der Waals surface area contributed by atoms with Crippen molar-refractivity contribution in [3.05, 3.63) is 42.0 Å². The number of carbonyl (C=O) groups is 2. The van der Waals surface area contributed by atoms with Crippen LogP contribution >= 0.6 is 0 Å². The second-order valence-electron chi connectivity index (χ2n) is 6.62. The molecule has 1 fully saturated rings. The Labute approximate surface area is 147 Å². The molecule has 1 heterocycles. The number of hydrogen-bond donors (Lipinski definition) is 1. The highest BCUT2D eigenvalue weighted by molar-refractivity contribution is 5.88. The van der Waals surface area contributed by atoms with Crippen molar-refractivity contribution in [3.8, 4) is 5.75 Å². The van der Waals surface area contributed by atoms with Crippen LogP contribution in [0.5, 0.6) is 5.75 Å². The molecule has 2 aromatic rings. The quantitative estimate of drug-likeness (QED) is 0.905. The molecule has 1 N–H and O–H groups in total. The number of ether oxygens (including phenoxy) is 1. The highest BCUT2D eigenvalue weighted by atomic mass is 16.5. The molecule has 0 radical (unpaired) electrons. The second kappa shape index (κ2) is 7.13. The van der Waals surface area contributed by atoms with Gasteiger partial charge in [0.2, 0.25) is 5.91 Å². The van der Waals surface area contributed by atoms with Gasteiger partial charge in [0.15, 0.2) is 0 Å². The summed E-state index contributed by atoms with van der Waals surface area (Å²) in [5.74, 6) is -0.326. The summed E-state index contributed by atoms with van der Waals surface area (Å²) in [4.78, 5) is 25.6. The molecular weight excluding hydrogens is 318 g/mol. The van der Waals surface area contributed by atoms with Gasteiger partial charge in [0.05, 0.1) is 19.4 Å². The maximum Gasteiger partial charge on any atom is 0.305 e. The summed E-state index contributed by atoms with van der Waals surface area (Å²) in [6.07, 6.45) is 1.66. The smallest absolute Gasteiger partial charge is 0.305 e. The number of carbonyl (C=O) groups excluding carboxylic acids is 1. The molecule has 0 spiro atoms. The van der Waals surface area contributed by atoms with Gasteiger partial charge in [0.1, 0.15) is 5.75 Å². The van der Waals surface area contributed by atoms with E-state index in [4.69, 9.17) is 9.84 Å². The first-order valence-electron chi connectivity index (χ1n) is 8.59. The summed E-state index contributed by atoms with van der Waals surface area (Å²) in [7, 11) is 1.64. The average Bonchev–Trinajstić information content (AvgIpc) is 3.06. The largest absolute Gasteiger partial charge is 0.497 e. The SMILES string of the molecule is COc1ccc2cc(C(C)C(=O)N3CCCC3CC(=O)O)ccc2c1. The van der Waals surface area contributed by atoms with Crippen molar-refractivity contribution < 1.29 is 19.4 Å². The number of fused-ring (bicyclic) bond motifs is 1. The molecule has 2 atom stereocenters. The molecule has 0 aliphatic carbocycles. The lowest BCUT2D eigenvalue weighted by molar-refractivity contribution is -0.140. The van der Waals surface area contributed by atoms with E-state index in [1.807, 2.05) is 43.3 Å². The molecule has 3 rings (SSSR count). The predicted molar refractivity (Wildman–Crippen MR) is 95.9 cm³/mol. The van der Waals surface area contributed by atoms with Gasteiger partial charge < -0.3 is 14.7 Å². The van der Waals surface area contributed by atoms with Crippen LogP contribution in [0, 0.1) is 0 Å². The molecule has 25 heavy (non-hydrogen) atoms. The zero-order chi connectivity index (χ0) is 18.0. The first kappa shape index (κ1) is 17.3. The monoisotopic (exact) mass is 341 g/mol. The first-order chi connectivity index (χ1) is 12.0. The molecule has 1 saturated heterocycles. The van der Waals surface area contributed by atoms with E-state index >= 15 is 0 Å². The zero-order valence-corrected chi connectivity index (χ0v) is 14.6. The van der Waals surface area contributed by atoms with Crippen LogP contribution in [0.1, 0.15) is 37.7 Å². The minimum atomic E-state index is -0.850. The minimum absolute atomic E-state index is 0.0108. The molecule has 5 heteroatoms. The average molecular weight is 341 g/mol. The predicted octanol–water partition coefficient (Wildman–Crippen LogP) is 3.42. The van der Waals surface area contributed by atoms with Gasteiger partial charge >= 0.3 is 5.97 Å². The van der Waals surface area contributed by atoms with E-state index in [9.17, 15) is 9.59 Å². The Kier molecular flexibility index (Phi) is 4.93. The Bertz CT molecular complexity index is 801. The second-order valence-corrected chi connectivity index (χ2v) is 6.62. The number of carboxylic acids is 1. The fourth-order valence-electron chi connectivity index (χ4n) is 3.57. The molecule has 132 valence electrons. The van der Waals surface area contributed by atoms with E-state index < -0.39 is 5.97 Å². The number of rotatable bonds is 5. The van der Waals surface area contributed by atoms with Gasteiger partial charge in [-0.15, -0.1) is 0 Å². The standard InChI is InChI=1S/C20H23NO4/c1-13(20(24)21-9-3-4-17(21)12-19(22)23)14-5-6-16-11-18(25-2)8-7-15(16)10-14/h5-8,10-11,13,17H,3-4,9,12H2,1-2H3,(H,22,23). The lowest BCUT2D eigenvalue weighted by Gasteiger charge is -2.27. The molecular formula is C20H23NO4. The van der Waals surface area contributed by atoms with E-state index in [-0.39, 0.29) is 24.3 Å². The number of nitrogens with zero attached hydrogens (tertiary/aromatic N) is 1. The van der Waals surface area contributed by atoms with Crippen molar-refractivity contribution in [2.24, 2.45) is 0 Å². The topological polar surface area (TPSA) is 66.8 Å². The number of benzene rings is 2. The van der Waals surface area contributed by atoms with Gasteiger partial charge in [0.25, 0.3) is 0 Å². The summed E-state index contributed by atoms with van der Waals surface area (Å²) in [6.45, 7) is 2.54. The van der Waals surface area contributed by atoms with Crippen LogP contribution in [0.3, 0.4) is 0 Å². The van der Waals surface area contributed by atoms with Gasteiger partial charge in [-0.25, -0.2) is 0 Å². The number of aliphatic carboxylic acids is 1. The number of amides is 1. The number of likely N-dealkylation sites (tertiary alicyclic amines) is 1. The van der Waals surface area contributed by atoms with E-state index in [2.05, 4.69) is 0 Å². The highest BCUT2D eigenvalue weighted by Crippen LogP contribution is 2.29. The normalized spacial score (nSPS) is 18.3. The summed E-state index contributed by atoms with van der Waals surface area (Å²) in [6, 6.07) is 11.7. The van der Waals surface area contributed by atoms with Crippen LogP contribution < -0.4 is 4.74 Å². The van der Waals surface area contributed by atoms with Gasteiger partial charge in [-0.05, 0) is 48.2 Å². The Hall–Kier alpha value is -2.56. The van der Waals surface area contributed by atoms with Crippen LogP contribution in [-0.2, 0) is 9.59 Å². The molecule has 1 amide bonds. The van der Waals surface area contributed by atoms with Crippen molar-refractivity contribution >= 4 is 22.6 Å². The highest BCUT2D eigenvalue weighted by Gasteiger charge is 2.33. The van der Waals surface area contributed by atoms with Crippen LogP contribution in [0.2, 0.25) is 0 Å². The number of hydrogen-bond acceptors (Lipinski definition) is 3. The number of carboxylic acid groups (broad SMARTS) is 1. The Morgan fingerprint density at radius 2 is 1.96 bits per heavy atom. The van der Waals surface area contributed by atoms with Crippen molar-refractivity contribution in [3.63, 3.8) is 0 Å². The van der Waals surface area contributed by atoms with E-state index in [0.717, 1.165) is 34.9 Å². The maximum absolute atomic E-state index is 12.9. The third kappa shape index (κ3) is 3.60. The third-order valence-corrected chi connectivity index (χ3v) is 5.01. The molecule has 1 aliphatic rings. The Morgan fingerprint density at radius 3 is 2.68 bits per heavy atom. The lowest BCUT2D eigenvalue weighted by Crippen LogP contribution is -2.39. The van der Waals surface area contributed by atoms with E-state index in [0.29, 0.717) is 6.54 Å². The fraction of sp³-hybridized carbons (Fsp3) is 0.400. The summed E-state index contributed by atoms with van der Waals surface area (Å²) in [5, 5.41) is 11.2. The number of methoxy groups -OCH3 is 1. The van der Waals surface area contributed by atoms with Crippen LogP contribution in [0.25, 0.3) is 10.8 Å². The van der Waals surface area contributed by atoms with Crippen molar-refractivity contribution in [2.75, 3.05) is 13.7 Å². The Morgan fingerprint density at radius 1 is 1.24 bits per heavy atom. The van der Waals surface area contributed by atoms with Crippen LogP contribution in [-0.4, -0.2) is 41.6 Å². The summed E-state index contributed by atoms with van der Waals surface area (Å²) >= 11 is 0. The van der Waals surface area contributed by atoms with Crippen molar-refractivity contribution in [1.82, 2.24) is 4.90 Å². The summed E-state index contributed by atoms with van der Waals surface area (Å²) in [5.41, 5.74) is 0.948. The molecule has 5 nitrogen and oxygen atoms in total. The van der Waals surface area contributed by atoms with Gasteiger partial charge in [-0.2, -0.15) is 0 Å².